The van der Waals surface area contributed by atoms with Crippen LogP contribution in [0, 0.1) is 13.8 Å². The van der Waals surface area contributed by atoms with Gasteiger partial charge in [0.1, 0.15) is 11.5 Å². The Bertz CT molecular complexity index is 671. The van der Waals surface area contributed by atoms with E-state index in [9.17, 15) is 4.79 Å². The van der Waals surface area contributed by atoms with Gasteiger partial charge in [-0.2, -0.15) is 0 Å². The molecule has 0 saturated carbocycles. The Morgan fingerprint density at radius 2 is 1.86 bits per heavy atom. The first-order valence-corrected chi connectivity index (χ1v) is 7.42. The molecule has 0 aliphatic heterocycles. The Hall–Kier alpha value is -2.23. The van der Waals surface area contributed by atoms with E-state index in [2.05, 4.69) is 18.4 Å². The zero-order chi connectivity index (χ0) is 16.3. The molecule has 1 aromatic carbocycles. The number of hydrogen-bond acceptors (Lipinski definition) is 3. The van der Waals surface area contributed by atoms with Gasteiger partial charge in [0.15, 0.2) is 6.61 Å². The lowest BCUT2D eigenvalue weighted by molar-refractivity contribution is 0.0920. The molecule has 4 nitrogen and oxygen atoms in total. The third kappa shape index (κ3) is 3.32. The maximum atomic E-state index is 12.4. The molecule has 4 heteroatoms. The maximum Gasteiger partial charge on any atom is 0.202 e. The number of carbonyl (C=O) groups is 1. The van der Waals surface area contributed by atoms with Crippen molar-refractivity contribution >= 4 is 5.78 Å². The topological polar surface area (TPSA) is 40.5 Å². The molecule has 2 rings (SSSR count). The Morgan fingerprint density at radius 1 is 1.18 bits per heavy atom. The number of ketones is 1. The molecule has 0 unspecified atom stereocenters. The zero-order valence-electron chi connectivity index (χ0n) is 13.8. The number of ether oxygens (including phenoxy) is 2. The molecule has 0 amide bonds. The van der Waals surface area contributed by atoms with Crippen molar-refractivity contribution in [1.29, 1.82) is 0 Å². The van der Waals surface area contributed by atoms with Gasteiger partial charge in [0.05, 0.1) is 7.11 Å². The lowest BCUT2D eigenvalue weighted by Crippen LogP contribution is -2.13. The van der Waals surface area contributed by atoms with Crippen LogP contribution in [0.25, 0.3) is 0 Å². The summed E-state index contributed by atoms with van der Waals surface area (Å²) in [5, 5.41) is 0. The first kappa shape index (κ1) is 16.1. The fourth-order valence-corrected chi connectivity index (χ4v) is 2.77. The maximum absolute atomic E-state index is 12.4. The van der Waals surface area contributed by atoms with Crippen molar-refractivity contribution in [3.05, 3.63) is 47.3 Å². The molecule has 0 atom stereocenters. The number of aromatic nitrogens is 1. The summed E-state index contributed by atoms with van der Waals surface area (Å²) >= 11 is 0. The molecule has 118 valence electrons. The van der Waals surface area contributed by atoms with E-state index in [1.54, 1.807) is 13.2 Å². The van der Waals surface area contributed by atoms with Crippen molar-refractivity contribution in [1.82, 2.24) is 4.57 Å². The van der Waals surface area contributed by atoms with E-state index in [1.165, 1.54) is 0 Å². The van der Waals surface area contributed by atoms with Crippen molar-refractivity contribution in [2.45, 2.75) is 33.7 Å². The molecule has 1 aromatic heterocycles. The van der Waals surface area contributed by atoms with Crippen molar-refractivity contribution in [2.24, 2.45) is 0 Å². The Morgan fingerprint density at radius 3 is 2.45 bits per heavy atom. The van der Waals surface area contributed by atoms with E-state index in [0.717, 1.165) is 17.0 Å². The second-order valence-corrected chi connectivity index (χ2v) is 5.64. The van der Waals surface area contributed by atoms with Gasteiger partial charge in [-0.3, -0.25) is 4.79 Å². The summed E-state index contributed by atoms with van der Waals surface area (Å²) in [5.41, 5.74) is 2.82. The van der Waals surface area contributed by atoms with Gasteiger partial charge < -0.3 is 14.0 Å². The van der Waals surface area contributed by atoms with Gasteiger partial charge in [0, 0.05) is 29.1 Å². The minimum absolute atomic E-state index is 0.0113. The van der Waals surface area contributed by atoms with Gasteiger partial charge in [0.25, 0.3) is 0 Å². The van der Waals surface area contributed by atoms with E-state index < -0.39 is 0 Å². The van der Waals surface area contributed by atoms with Crippen molar-refractivity contribution < 1.29 is 14.3 Å². The summed E-state index contributed by atoms with van der Waals surface area (Å²) in [5.74, 6) is 1.33. The zero-order valence-corrected chi connectivity index (χ0v) is 13.8. The summed E-state index contributed by atoms with van der Waals surface area (Å²) < 4.78 is 12.9. The van der Waals surface area contributed by atoms with Gasteiger partial charge in [0.2, 0.25) is 5.78 Å². The van der Waals surface area contributed by atoms with Crippen molar-refractivity contribution in [3.8, 4) is 11.5 Å². The summed E-state index contributed by atoms with van der Waals surface area (Å²) in [6.45, 7) is 8.25. The average Bonchev–Trinajstić information content (AvgIpc) is 2.80. The lowest BCUT2D eigenvalue weighted by atomic mass is 10.1. The minimum Gasteiger partial charge on any atom is -0.497 e. The summed E-state index contributed by atoms with van der Waals surface area (Å²) in [6, 6.07) is 9.53. The average molecular weight is 301 g/mol. The third-order valence-corrected chi connectivity index (χ3v) is 3.71. The van der Waals surface area contributed by atoms with Gasteiger partial charge in [-0.15, -0.1) is 0 Å². The van der Waals surface area contributed by atoms with Crippen LogP contribution in [-0.4, -0.2) is 24.1 Å². The Labute approximate surface area is 131 Å². The van der Waals surface area contributed by atoms with E-state index in [0.29, 0.717) is 17.5 Å². The summed E-state index contributed by atoms with van der Waals surface area (Å²) in [7, 11) is 1.60. The molecule has 0 N–H and O–H groups in total. The number of carbonyl (C=O) groups excluding carboxylic acids is 1. The molecule has 2 aromatic rings. The van der Waals surface area contributed by atoms with Crippen LogP contribution >= 0.6 is 0 Å². The molecule has 22 heavy (non-hydrogen) atoms. The molecule has 0 fully saturated rings. The molecule has 0 spiro atoms. The highest BCUT2D eigenvalue weighted by molar-refractivity contribution is 5.98. The van der Waals surface area contributed by atoms with Crippen LogP contribution in [0.5, 0.6) is 11.5 Å². The van der Waals surface area contributed by atoms with Crippen LogP contribution in [0.3, 0.4) is 0 Å². The number of Topliss-reactive ketones (excluding diaryl/α,β-unsaturated/α-hetero) is 1. The molecule has 0 aliphatic carbocycles. The number of methoxy groups -OCH3 is 1. The minimum atomic E-state index is -0.0113. The largest absolute Gasteiger partial charge is 0.497 e. The highest BCUT2D eigenvalue weighted by Gasteiger charge is 2.17. The number of hydrogen-bond donors (Lipinski definition) is 0. The van der Waals surface area contributed by atoms with E-state index >= 15 is 0 Å². The van der Waals surface area contributed by atoms with Gasteiger partial charge in [-0.1, -0.05) is 6.07 Å². The van der Waals surface area contributed by atoms with Crippen LogP contribution in [0.15, 0.2) is 30.3 Å². The molecule has 0 saturated heterocycles. The molecule has 0 bridgehead atoms. The fraction of sp³-hybridized carbons (Fsp3) is 0.389. The number of aryl methyl sites for hydroxylation is 1. The Kier molecular flexibility index (Phi) is 4.91. The second-order valence-electron chi connectivity index (χ2n) is 5.64. The normalized spacial score (nSPS) is 10.8. The highest BCUT2D eigenvalue weighted by atomic mass is 16.5. The quantitative estimate of drug-likeness (QED) is 0.758. The van der Waals surface area contributed by atoms with Crippen LogP contribution in [0.2, 0.25) is 0 Å². The van der Waals surface area contributed by atoms with Crippen molar-refractivity contribution in [2.75, 3.05) is 13.7 Å². The summed E-state index contributed by atoms with van der Waals surface area (Å²) in [4.78, 5) is 12.4. The number of rotatable bonds is 6. The van der Waals surface area contributed by atoms with Crippen LogP contribution in [0.4, 0.5) is 0 Å². The fourth-order valence-electron chi connectivity index (χ4n) is 2.77. The van der Waals surface area contributed by atoms with E-state index in [-0.39, 0.29) is 12.4 Å². The van der Waals surface area contributed by atoms with Gasteiger partial charge >= 0.3 is 0 Å². The van der Waals surface area contributed by atoms with Crippen molar-refractivity contribution in [3.63, 3.8) is 0 Å². The SMILES string of the molecule is COc1cccc(OCC(=O)c2cc(C)n(C(C)C)c2C)c1. The number of benzene rings is 1. The highest BCUT2D eigenvalue weighted by Crippen LogP contribution is 2.22. The first-order valence-electron chi connectivity index (χ1n) is 7.42. The van der Waals surface area contributed by atoms with Gasteiger partial charge in [-0.05, 0) is 45.9 Å². The smallest absolute Gasteiger partial charge is 0.202 e. The standard InChI is InChI=1S/C18H23NO3/c1-12(2)19-13(3)9-17(14(19)4)18(20)11-22-16-8-6-7-15(10-16)21-5/h6-10,12H,11H2,1-5H3. The summed E-state index contributed by atoms with van der Waals surface area (Å²) in [6.07, 6.45) is 0. The third-order valence-electron chi connectivity index (χ3n) is 3.71. The van der Waals surface area contributed by atoms with Crippen LogP contribution in [-0.2, 0) is 0 Å². The molecule has 0 radical (unpaired) electrons. The van der Waals surface area contributed by atoms with E-state index in [4.69, 9.17) is 9.47 Å². The predicted molar refractivity (Wildman–Crippen MR) is 87.1 cm³/mol. The molecule has 1 heterocycles. The van der Waals surface area contributed by atoms with Gasteiger partial charge in [-0.25, -0.2) is 0 Å². The number of nitrogens with zero attached hydrogens (tertiary/aromatic N) is 1. The van der Waals surface area contributed by atoms with Crippen LogP contribution < -0.4 is 9.47 Å². The first-order chi connectivity index (χ1) is 10.4. The monoisotopic (exact) mass is 301 g/mol. The second kappa shape index (κ2) is 6.69. The van der Waals surface area contributed by atoms with E-state index in [1.807, 2.05) is 38.1 Å². The molecular weight excluding hydrogens is 278 g/mol. The van der Waals surface area contributed by atoms with Crippen LogP contribution in [0.1, 0.15) is 41.6 Å². The Balaban J connectivity index is 2.11. The molecule has 0 aliphatic rings. The molecular formula is C18H23NO3. The lowest BCUT2D eigenvalue weighted by Gasteiger charge is -2.13. The predicted octanol–water partition coefficient (Wildman–Crippen LogP) is 3.96.